The minimum absolute atomic E-state index is 0.0420. The Hall–Kier alpha value is -1.10. The maximum absolute atomic E-state index is 11.3. The lowest BCUT2D eigenvalue weighted by atomic mass is 9.89. The van der Waals surface area contributed by atoms with Crippen LogP contribution in [0.3, 0.4) is 0 Å². The molecule has 0 aromatic carbocycles. The fourth-order valence-corrected chi connectivity index (χ4v) is 1.45. The molecule has 5 heteroatoms. The average Bonchev–Trinajstić information content (AvgIpc) is 2.11. The quantitative estimate of drug-likeness (QED) is 0.634. The molecule has 0 spiro atoms. The van der Waals surface area contributed by atoms with Gasteiger partial charge in [-0.3, -0.25) is 9.59 Å². The predicted octanol–water partition coefficient (Wildman–Crippen LogP) is 0.426. The molecule has 0 rings (SSSR count). The zero-order valence-electron chi connectivity index (χ0n) is 11.2. The lowest BCUT2D eigenvalue weighted by Crippen LogP contribution is -2.35. The minimum atomic E-state index is -0.528. The van der Waals surface area contributed by atoms with Crippen molar-refractivity contribution in [3.63, 3.8) is 0 Å². The highest BCUT2D eigenvalue weighted by atomic mass is 16.3. The summed E-state index contributed by atoms with van der Waals surface area (Å²) >= 11 is 0. The van der Waals surface area contributed by atoms with Crippen LogP contribution in [0.15, 0.2) is 0 Å². The molecule has 17 heavy (non-hydrogen) atoms. The molecule has 2 amide bonds. The molecule has 0 saturated carbocycles. The molecule has 0 saturated heterocycles. The Bertz CT molecular complexity index is 259. The van der Waals surface area contributed by atoms with Crippen molar-refractivity contribution in [1.29, 1.82) is 0 Å². The number of aliphatic hydroxyl groups is 1. The fraction of sp³-hybridized carbons (Fsp3) is 0.833. The molecular weight excluding hydrogens is 220 g/mol. The van der Waals surface area contributed by atoms with Crippen LogP contribution in [0.5, 0.6) is 0 Å². The highest BCUT2D eigenvalue weighted by molar-refractivity contribution is 5.77. The summed E-state index contributed by atoms with van der Waals surface area (Å²) in [4.78, 5) is 21.9. The van der Waals surface area contributed by atoms with Crippen molar-refractivity contribution < 1.29 is 14.7 Å². The Kier molecular flexibility index (Phi) is 6.80. The van der Waals surface area contributed by atoms with Crippen LogP contribution < -0.4 is 10.6 Å². The van der Waals surface area contributed by atoms with Crippen LogP contribution in [-0.2, 0) is 9.59 Å². The maximum Gasteiger partial charge on any atom is 0.221 e. The van der Waals surface area contributed by atoms with Crippen LogP contribution in [-0.4, -0.2) is 36.1 Å². The van der Waals surface area contributed by atoms with E-state index in [9.17, 15) is 14.7 Å². The molecule has 0 aromatic heterocycles. The van der Waals surface area contributed by atoms with Gasteiger partial charge in [0.05, 0.1) is 6.10 Å². The van der Waals surface area contributed by atoms with E-state index in [-0.39, 0.29) is 30.2 Å². The molecular formula is C12H24N2O3. The molecule has 3 N–H and O–H groups in total. The molecule has 0 aromatic rings. The molecule has 100 valence electrons. The number of carbonyl (C=O) groups is 2. The van der Waals surface area contributed by atoms with E-state index >= 15 is 0 Å². The first-order valence-electron chi connectivity index (χ1n) is 5.90. The first-order chi connectivity index (χ1) is 7.70. The Morgan fingerprint density at radius 1 is 1.24 bits per heavy atom. The molecule has 0 aliphatic heterocycles. The van der Waals surface area contributed by atoms with Gasteiger partial charge in [-0.1, -0.05) is 20.8 Å². The molecule has 0 aliphatic carbocycles. The highest BCUT2D eigenvalue weighted by Gasteiger charge is 2.16. The van der Waals surface area contributed by atoms with Crippen molar-refractivity contribution >= 4 is 11.8 Å². The summed E-state index contributed by atoms with van der Waals surface area (Å²) in [7, 11) is 0. The minimum Gasteiger partial charge on any atom is -0.391 e. The topological polar surface area (TPSA) is 78.4 Å². The first-order valence-corrected chi connectivity index (χ1v) is 5.90. The van der Waals surface area contributed by atoms with E-state index in [1.165, 1.54) is 6.92 Å². The lowest BCUT2D eigenvalue weighted by molar-refractivity contribution is -0.122. The number of hydrogen-bond acceptors (Lipinski definition) is 3. The second kappa shape index (κ2) is 7.27. The largest absolute Gasteiger partial charge is 0.391 e. The highest BCUT2D eigenvalue weighted by Crippen LogP contribution is 2.20. The van der Waals surface area contributed by atoms with E-state index in [2.05, 4.69) is 10.6 Å². The van der Waals surface area contributed by atoms with Gasteiger partial charge in [-0.25, -0.2) is 0 Å². The van der Waals surface area contributed by atoms with Crippen LogP contribution in [0.25, 0.3) is 0 Å². The zero-order chi connectivity index (χ0) is 13.5. The van der Waals surface area contributed by atoms with Crippen LogP contribution in [0.1, 0.15) is 40.5 Å². The number of amides is 2. The summed E-state index contributed by atoms with van der Waals surface area (Å²) < 4.78 is 0. The van der Waals surface area contributed by atoms with Gasteiger partial charge >= 0.3 is 0 Å². The van der Waals surface area contributed by atoms with Gasteiger partial charge in [0.15, 0.2) is 0 Å². The van der Waals surface area contributed by atoms with Crippen LogP contribution >= 0.6 is 0 Å². The van der Waals surface area contributed by atoms with E-state index in [0.717, 1.165) is 0 Å². The van der Waals surface area contributed by atoms with Gasteiger partial charge in [0, 0.05) is 26.4 Å². The number of carbonyl (C=O) groups excluding carboxylic acids is 2. The Morgan fingerprint density at radius 2 is 1.82 bits per heavy atom. The van der Waals surface area contributed by atoms with Crippen molar-refractivity contribution in [2.75, 3.05) is 13.1 Å². The van der Waals surface area contributed by atoms with Crippen molar-refractivity contribution in [2.24, 2.45) is 5.41 Å². The van der Waals surface area contributed by atoms with Gasteiger partial charge in [0.1, 0.15) is 0 Å². The molecule has 0 bridgehead atoms. The second-order valence-corrected chi connectivity index (χ2v) is 5.46. The molecule has 0 radical (unpaired) electrons. The smallest absolute Gasteiger partial charge is 0.221 e. The normalized spacial score (nSPS) is 13.0. The van der Waals surface area contributed by atoms with Gasteiger partial charge in [-0.05, 0) is 11.8 Å². The number of aliphatic hydroxyl groups excluding tert-OH is 1. The van der Waals surface area contributed by atoms with E-state index in [0.29, 0.717) is 13.0 Å². The third-order valence-corrected chi connectivity index (χ3v) is 2.11. The summed E-state index contributed by atoms with van der Waals surface area (Å²) in [5.74, 6) is -0.308. The lowest BCUT2D eigenvalue weighted by Gasteiger charge is -2.22. The summed E-state index contributed by atoms with van der Waals surface area (Å²) in [5, 5.41) is 14.8. The summed E-state index contributed by atoms with van der Waals surface area (Å²) in [6.45, 7) is 8.11. The second-order valence-electron chi connectivity index (χ2n) is 5.46. The summed E-state index contributed by atoms with van der Waals surface area (Å²) in [5.41, 5.74) is 0.0420. The maximum atomic E-state index is 11.3. The van der Waals surface area contributed by atoms with Crippen LogP contribution in [0, 0.1) is 5.41 Å². The van der Waals surface area contributed by atoms with Gasteiger partial charge < -0.3 is 15.7 Å². The Balaban J connectivity index is 3.66. The monoisotopic (exact) mass is 244 g/mol. The van der Waals surface area contributed by atoms with Crippen LogP contribution in [0.4, 0.5) is 0 Å². The Labute approximate surface area is 103 Å². The van der Waals surface area contributed by atoms with Crippen molar-refractivity contribution in [3.05, 3.63) is 0 Å². The van der Waals surface area contributed by atoms with E-state index in [1.54, 1.807) is 0 Å². The fourth-order valence-electron chi connectivity index (χ4n) is 1.45. The molecule has 1 atom stereocenters. The predicted molar refractivity (Wildman–Crippen MR) is 66.4 cm³/mol. The third-order valence-electron chi connectivity index (χ3n) is 2.11. The van der Waals surface area contributed by atoms with Crippen molar-refractivity contribution in [3.8, 4) is 0 Å². The summed E-state index contributed by atoms with van der Waals surface area (Å²) in [6, 6.07) is 0. The van der Waals surface area contributed by atoms with Gasteiger partial charge in [-0.15, -0.1) is 0 Å². The van der Waals surface area contributed by atoms with Crippen molar-refractivity contribution in [1.82, 2.24) is 10.6 Å². The number of rotatable bonds is 6. The Morgan fingerprint density at radius 3 is 2.29 bits per heavy atom. The number of hydrogen-bond donors (Lipinski definition) is 3. The standard InChI is InChI=1S/C12H24N2O3/c1-9(15)13-6-5-11(17)14-8-10(16)7-12(2,3)4/h10,16H,5-8H2,1-4H3,(H,13,15)(H,14,17). The molecule has 0 fully saturated rings. The first kappa shape index (κ1) is 15.9. The molecule has 5 nitrogen and oxygen atoms in total. The van der Waals surface area contributed by atoms with E-state index in [4.69, 9.17) is 0 Å². The zero-order valence-corrected chi connectivity index (χ0v) is 11.2. The SMILES string of the molecule is CC(=O)NCCC(=O)NCC(O)CC(C)(C)C. The molecule has 0 heterocycles. The van der Waals surface area contributed by atoms with E-state index in [1.807, 2.05) is 20.8 Å². The average molecular weight is 244 g/mol. The van der Waals surface area contributed by atoms with Gasteiger partial charge in [-0.2, -0.15) is 0 Å². The molecule has 1 unspecified atom stereocenters. The van der Waals surface area contributed by atoms with E-state index < -0.39 is 6.10 Å². The number of nitrogens with one attached hydrogen (secondary N) is 2. The molecule has 0 aliphatic rings. The summed E-state index contributed by atoms with van der Waals surface area (Å²) in [6.07, 6.45) is 0.348. The van der Waals surface area contributed by atoms with Crippen molar-refractivity contribution in [2.45, 2.75) is 46.6 Å². The van der Waals surface area contributed by atoms with Gasteiger partial charge in [0.2, 0.25) is 11.8 Å². The third kappa shape index (κ3) is 11.2. The van der Waals surface area contributed by atoms with Gasteiger partial charge in [0.25, 0.3) is 0 Å². The van der Waals surface area contributed by atoms with Crippen LogP contribution in [0.2, 0.25) is 0 Å².